The van der Waals surface area contributed by atoms with Gasteiger partial charge in [0.1, 0.15) is 12.0 Å². The van der Waals surface area contributed by atoms with E-state index in [0.717, 1.165) is 0 Å². The Morgan fingerprint density at radius 1 is 1.09 bits per heavy atom. The van der Waals surface area contributed by atoms with Crippen LogP contribution in [0.4, 0.5) is 13.6 Å². The highest BCUT2D eigenvalue weighted by Crippen LogP contribution is 2.27. The van der Waals surface area contributed by atoms with Crippen LogP contribution in [0.15, 0.2) is 48.7 Å². The van der Waals surface area contributed by atoms with Crippen LogP contribution in [0.25, 0.3) is 10.9 Å². The summed E-state index contributed by atoms with van der Waals surface area (Å²) in [5.41, 5.74) is 6.84. The molecule has 2 N–H and O–H groups in total. The Balaban J connectivity index is 1.50. The van der Waals surface area contributed by atoms with E-state index >= 15 is 0 Å². The van der Waals surface area contributed by atoms with Gasteiger partial charge in [-0.25, -0.2) is 13.6 Å². The third-order valence-corrected chi connectivity index (χ3v) is 6.28. The Morgan fingerprint density at radius 2 is 1.85 bits per heavy atom. The molecular weight excluding hydrogens is 452 g/mol. The molecule has 1 aliphatic rings. The predicted molar refractivity (Wildman–Crippen MR) is 120 cm³/mol. The first-order valence-electron chi connectivity index (χ1n) is 10.5. The molecule has 9 heteroatoms. The van der Waals surface area contributed by atoms with Gasteiger partial charge in [0, 0.05) is 24.4 Å². The Kier molecular flexibility index (Phi) is 6.47. The molecule has 0 unspecified atom stereocenters. The van der Waals surface area contributed by atoms with Crippen LogP contribution in [0.2, 0.25) is 5.02 Å². The van der Waals surface area contributed by atoms with E-state index in [1.165, 1.54) is 21.7 Å². The zero-order chi connectivity index (χ0) is 23.7. The lowest BCUT2D eigenvalue weighted by atomic mass is 10.0. The Bertz CT molecular complexity index is 1240. The molecule has 172 valence electrons. The number of amides is 2. The van der Waals surface area contributed by atoms with Crippen molar-refractivity contribution in [3.63, 3.8) is 0 Å². The second-order valence-corrected chi connectivity index (χ2v) is 8.54. The molecule has 1 aliphatic heterocycles. The molecule has 6 nitrogen and oxygen atoms in total. The molecule has 1 fully saturated rings. The standard InChI is InChI=1S/C24H22ClF2N3O3/c25-18-6-3-4-14(23(18)27)8-9-21(31)20-11-16(26)13-29(20)22(32)10-15-12-30(24(28)33)19-7-2-1-5-17(15)19/h1-7,12,16,20H,8-11,13H2,(H2,28,33)/t16-,20+/m1/s1. The molecule has 0 aliphatic carbocycles. The number of para-hydroxylation sites is 1. The summed E-state index contributed by atoms with van der Waals surface area (Å²) in [4.78, 5) is 38.9. The van der Waals surface area contributed by atoms with Gasteiger partial charge in [-0.1, -0.05) is 41.9 Å². The topological polar surface area (TPSA) is 85.4 Å². The van der Waals surface area contributed by atoms with E-state index in [1.807, 2.05) is 0 Å². The van der Waals surface area contributed by atoms with Crippen molar-refractivity contribution in [3.8, 4) is 0 Å². The third-order valence-electron chi connectivity index (χ3n) is 5.99. The van der Waals surface area contributed by atoms with Crippen molar-refractivity contribution in [1.29, 1.82) is 0 Å². The summed E-state index contributed by atoms with van der Waals surface area (Å²) in [6.07, 6.45) is 0.0304. The average Bonchev–Trinajstić information content (AvgIpc) is 3.36. The number of carbonyl (C=O) groups is 3. The fraction of sp³-hybridized carbons (Fsp3) is 0.292. The number of aryl methyl sites for hydroxylation is 1. The summed E-state index contributed by atoms with van der Waals surface area (Å²) in [6.45, 7) is -0.185. The molecule has 1 saturated heterocycles. The van der Waals surface area contributed by atoms with Gasteiger partial charge in [-0.2, -0.15) is 0 Å². The lowest BCUT2D eigenvalue weighted by Gasteiger charge is -2.23. The lowest BCUT2D eigenvalue weighted by Crippen LogP contribution is -2.41. The summed E-state index contributed by atoms with van der Waals surface area (Å²) in [7, 11) is 0. The van der Waals surface area contributed by atoms with Crippen LogP contribution in [-0.4, -0.2) is 45.9 Å². The van der Waals surface area contributed by atoms with E-state index < -0.39 is 30.0 Å². The fourth-order valence-electron chi connectivity index (χ4n) is 4.37. The highest BCUT2D eigenvalue weighted by Gasteiger charge is 2.39. The van der Waals surface area contributed by atoms with E-state index in [2.05, 4.69) is 0 Å². The Hall–Kier alpha value is -3.26. The number of likely N-dealkylation sites (tertiary alicyclic amines) is 1. The van der Waals surface area contributed by atoms with Crippen LogP contribution >= 0.6 is 11.6 Å². The van der Waals surface area contributed by atoms with Gasteiger partial charge >= 0.3 is 6.03 Å². The van der Waals surface area contributed by atoms with Crippen molar-refractivity contribution >= 4 is 40.2 Å². The summed E-state index contributed by atoms with van der Waals surface area (Å²) in [5.74, 6) is -1.34. The van der Waals surface area contributed by atoms with Crippen molar-refractivity contribution < 1.29 is 23.2 Å². The van der Waals surface area contributed by atoms with Gasteiger partial charge < -0.3 is 10.6 Å². The zero-order valence-corrected chi connectivity index (χ0v) is 18.4. The zero-order valence-electron chi connectivity index (χ0n) is 17.6. The maximum absolute atomic E-state index is 14.2. The van der Waals surface area contributed by atoms with Crippen LogP contribution in [0.3, 0.4) is 0 Å². The summed E-state index contributed by atoms with van der Waals surface area (Å²) in [6, 6.07) is 9.95. The van der Waals surface area contributed by atoms with Crippen molar-refractivity contribution in [2.45, 2.75) is 37.9 Å². The molecule has 4 rings (SSSR count). The number of rotatable bonds is 6. The third kappa shape index (κ3) is 4.61. The highest BCUT2D eigenvalue weighted by molar-refractivity contribution is 6.30. The SMILES string of the molecule is NC(=O)n1cc(CC(=O)N2C[C@H](F)C[C@H]2C(=O)CCc2cccc(Cl)c2F)c2ccccc21. The minimum absolute atomic E-state index is 0.0310. The van der Waals surface area contributed by atoms with E-state index in [1.54, 1.807) is 36.4 Å². The normalized spacial score (nSPS) is 18.1. The summed E-state index contributed by atoms with van der Waals surface area (Å²) >= 11 is 5.79. The first kappa shape index (κ1) is 22.9. The minimum atomic E-state index is -1.32. The average molecular weight is 474 g/mol. The number of aromatic nitrogens is 1. The molecule has 0 radical (unpaired) electrons. The Labute approximate surface area is 193 Å². The molecule has 2 amide bonds. The van der Waals surface area contributed by atoms with Crippen molar-refractivity contribution in [2.75, 3.05) is 6.54 Å². The van der Waals surface area contributed by atoms with Crippen LogP contribution in [-0.2, 0) is 22.4 Å². The van der Waals surface area contributed by atoms with Crippen molar-refractivity contribution in [1.82, 2.24) is 9.47 Å². The number of nitrogens with two attached hydrogens (primary N) is 1. The molecule has 0 bridgehead atoms. The van der Waals surface area contributed by atoms with Gasteiger partial charge in [0.2, 0.25) is 5.91 Å². The molecule has 2 atom stereocenters. The van der Waals surface area contributed by atoms with E-state index in [0.29, 0.717) is 22.0 Å². The van der Waals surface area contributed by atoms with Crippen LogP contribution < -0.4 is 5.73 Å². The number of carbonyl (C=O) groups excluding carboxylic acids is 3. The monoisotopic (exact) mass is 473 g/mol. The maximum atomic E-state index is 14.2. The quantitative estimate of drug-likeness (QED) is 0.586. The number of ketones is 1. The minimum Gasteiger partial charge on any atom is -0.351 e. The molecule has 1 aromatic heterocycles. The van der Waals surface area contributed by atoms with Crippen molar-refractivity contribution in [2.24, 2.45) is 5.73 Å². The van der Waals surface area contributed by atoms with Gasteiger partial charge in [-0.3, -0.25) is 14.2 Å². The lowest BCUT2D eigenvalue weighted by molar-refractivity contribution is -0.137. The molecule has 0 saturated carbocycles. The molecule has 2 aromatic carbocycles. The van der Waals surface area contributed by atoms with E-state index in [-0.39, 0.29) is 43.0 Å². The summed E-state index contributed by atoms with van der Waals surface area (Å²) in [5, 5.41) is 0.650. The molecule has 0 spiro atoms. The second-order valence-electron chi connectivity index (χ2n) is 8.13. The number of primary amides is 1. The molecule has 2 heterocycles. The smallest absolute Gasteiger partial charge is 0.323 e. The van der Waals surface area contributed by atoms with Crippen LogP contribution in [0, 0.1) is 5.82 Å². The number of hydrogen-bond donors (Lipinski definition) is 1. The van der Waals surface area contributed by atoms with Gasteiger partial charge in [0.05, 0.1) is 29.5 Å². The largest absolute Gasteiger partial charge is 0.351 e. The molecule has 33 heavy (non-hydrogen) atoms. The first-order chi connectivity index (χ1) is 15.8. The van der Waals surface area contributed by atoms with E-state index in [4.69, 9.17) is 17.3 Å². The number of hydrogen-bond acceptors (Lipinski definition) is 3. The van der Waals surface area contributed by atoms with E-state index in [9.17, 15) is 23.2 Å². The maximum Gasteiger partial charge on any atom is 0.323 e. The predicted octanol–water partition coefficient (Wildman–Crippen LogP) is 4.04. The number of fused-ring (bicyclic) bond motifs is 1. The number of benzene rings is 2. The van der Waals surface area contributed by atoms with Gasteiger partial charge in [-0.15, -0.1) is 0 Å². The number of halogens is 3. The number of alkyl halides is 1. The second kappa shape index (κ2) is 9.31. The molecule has 3 aromatic rings. The molecular formula is C24H22ClF2N3O3. The van der Waals surface area contributed by atoms with Crippen molar-refractivity contribution in [3.05, 3.63) is 70.6 Å². The van der Waals surface area contributed by atoms with Gasteiger partial charge in [-0.05, 0) is 29.7 Å². The Morgan fingerprint density at radius 3 is 2.61 bits per heavy atom. The number of Topliss-reactive ketones (excluding diaryl/α,β-unsaturated/α-hetero) is 1. The van der Waals surface area contributed by atoms with Crippen LogP contribution in [0.1, 0.15) is 24.0 Å². The first-order valence-corrected chi connectivity index (χ1v) is 10.9. The van der Waals surface area contributed by atoms with Gasteiger partial charge in [0.15, 0.2) is 5.78 Å². The van der Waals surface area contributed by atoms with Crippen LogP contribution in [0.5, 0.6) is 0 Å². The summed E-state index contributed by atoms with van der Waals surface area (Å²) < 4.78 is 29.6. The van der Waals surface area contributed by atoms with Gasteiger partial charge in [0.25, 0.3) is 0 Å². The fourth-order valence-corrected chi connectivity index (χ4v) is 4.56. The number of nitrogens with zero attached hydrogens (tertiary/aromatic N) is 2. The highest BCUT2D eigenvalue weighted by atomic mass is 35.5.